The topological polar surface area (TPSA) is 221 Å². The molecule has 2 amide bonds. The lowest BCUT2D eigenvalue weighted by molar-refractivity contribution is -0.160. The van der Waals surface area contributed by atoms with E-state index in [-0.39, 0.29) is 16.7 Å². The Bertz CT molecular complexity index is 1200. The highest BCUT2D eigenvalue weighted by molar-refractivity contribution is 6.23. The Morgan fingerprint density at radius 1 is 1.09 bits per heavy atom. The summed E-state index contributed by atoms with van der Waals surface area (Å²) in [7, 11) is 0. The average Bonchev–Trinajstić information content (AvgIpc) is 2.70. The van der Waals surface area contributed by atoms with Crippen LogP contribution in [-0.2, 0) is 14.4 Å². The molecule has 32 heavy (non-hydrogen) atoms. The van der Waals surface area contributed by atoms with E-state index in [0.29, 0.717) is 0 Å². The number of amides is 2. The van der Waals surface area contributed by atoms with Crippen LogP contribution in [0.25, 0.3) is 5.76 Å². The molecule has 0 bridgehead atoms. The van der Waals surface area contributed by atoms with Gasteiger partial charge in [-0.2, -0.15) is 0 Å². The van der Waals surface area contributed by atoms with Gasteiger partial charge in [0.05, 0.1) is 17.2 Å². The molecule has 0 spiro atoms. The molecular formula is C21H20N2O9. The maximum absolute atomic E-state index is 13.4. The van der Waals surface area contributed by atoms with Crippen molar-refractivity contribution in [2.75, 3.05) is 0 Å². The first-order chi connectivity index (χ1) is 14.8. The number of ketones is 2. The lowest BCUT2D eigenvalue weighted by atomic mass is 9.55. The van der Waals surface area contributed by atoms with Crippen LogP contribution >= 0.6 is 0 Å². The van der Waals surface area contributed by atoms with E-state index in [4.69, 9.17) is 11.5 Å². The van der Waals surface area contributed by atoms with Gasteiger partial charge in [0.2, 0.25) is 5.78 Å². The molecule has 0 aromatic heterocycles. The summed E-state index contributed by atoms with van der Waals surface area (Å²) in [5, 5.41) is 54.2. The maximum atomic E-state index is 13.4. The van der Waals surface area contributed by atoms with Crippen molar-refractivity contribution in [2.45, 2.75) is 31.0 Å². The third-order valence-corrected chi connectivity index (χ3v) is 6.77. The van der Waals surface area contributed by atoms with Crippen LogP contribution in [0.1, 0.15) is 40.7 Å². The number of benzene rings is 1. The van der Waals surface area contributed by atoms with Crippen molar-refractivity contribution in [3.63, 3.8) is 0 Å². The van der Waals surface area contributed by atoms with Crippen LogP contribution in [0.5, 0.6) is 5.75 Å². The summed E-state index contributed by atoms with van der Waals surface area (Å²) in [6, 6.07) is 2.63. The van der Waals surface area contributed by atoms with Crippen LogP contribution in [0, 0.1) is 11.8 Å². The predicted molar refractivity (Wildman–Crippen MR) is 106 cm³/mol. The van der Waals surface area contributed by atoms with Crippen molar-refractivity contribution in [3.8, 4) is 5.75 Å². The summed E-state index contributed by atoms with van der Waals surface area (Å²) in [5.74, 6) is -10.8. The van der Waals surface area contributed by atoms with Crippen molar-refractivity contribution in [1.82, 2.24) is 0 Å². The molecule has 168 valence electrons. The molecule has 11 nitrogen and oxygen atoms in total. The van der Waals surface area contributed by atoms with Crippen molar-refractivity contribution in [1.29, 1.82) is 0 Å². The highest BCUT2D eigenvalue weighted by Gasteiger charge is 2.64. The van der Waals surface area contributed by atoms with E-state index in [0.717, 1.165) is 0 Å². The number of nitrogens with two attached hydrogens (primary N) is 2. The number of phenols is 1. The van der Waals surface area contributed by atoms with Gasteiger partial charge >= 0.3 is 0 Å². The highest BCUT2D eigenvalue weighted by Crippen LogP contribution is 2.55. The van der Waals surface area contributed by atoms with Gasteiger partial charge in [-0.05, 0) is 17.5 Å². The minimum absolute atomic E-state index is 0.284. The number of aliphatic hydroxyl groups excluding tert-OH is 3. The fraction of sp³-hybridized carbons (Fsp3) is 0.333. The smallest absolute Gasteiger partial charge is 0.255 e. The number of Topliss-reactive ketones (excluding diaryl/α,β-unsaturated/α-hetero) is 2. The van der Waals surface area contributed by atoms with E-state index >= 15 is 0 Å². The van der Waals surface area contributed by atoms with E-state index in [1.54, 1.807) is 6.92 Å². The van der Waals surface area contributed by atoms with Crippen LogP contribution in [-0.4, -0.2) is 60.6 Å². The van der Waals surface area contributed by atoms with E-state index in [1.807, 2.05) is 0 Å². The predicted octanol–water partition coefficient (Wildman–Crippen LogP) is -0.945. The minimum atomic E-state index is -2.91. The molecule has 5 atom stereocenters. The minimum Gasteiger partial charge on any atom is -0.508 e. The Balaban J connectivity index is 2.03. The first-order valence-electron chi connectivity index (χ1n) is 9.66. The highest BCUT2D eigenvalue weighted by atomic mass is 16.4. The first-order valence-corrected chi connectivity index (χ1v) is 9.66. The molecule has 1 aromatic carbocycles. The molecule has 0 unspecified atom stereocenters. The van der Waals surface area contributed by atoms with Crippen molar-refractivity contribution < 1.29 is 44.7 Å². The van der Waals surface area contributed by atoms with Crippen LogP contribution in [0.4, 0.5) is 0 Å². The van der Waals surface area contributed by atoms with Gasteiger partial charge in [0, 0.05) is 23.8 Å². The number of aliphatic hydroxyl groups is 4. The number of carbonyl (C=O) groups is 4. The first kappa shape index (κ1) is 21.5. The second-order valence-corrected chi connectivity index (χ2v) is 8.27. The Morgan fingerprint density at radius 2 is 1.72 bits per heavy atom. The van der Waals surface area contributed by atoms with E-state index < -0.39 is 87.7 Å². The van der Waals surface area contributed by atoms with Gasteiger partial charge in [0.1, 0.15) is 22.8 Å². The molecule has 3 aliphatic carbocycles. The molecule has 0 saturated heterocycles. The third kappa shape index (κ3) is 2.43. The SMILES string of the molecule is C[C@H]1c2ccc(C(N)=O)c(O)c2C(O)=C2C(=O)[C@]3(O)C(O)=C(C(N)=O)C(=O)C[C@@H]3[C@@H](O)[C@@H]21. The average molecular weight is 444 g/mol. The van der Waals surface area contributed by atoms with Crippen LogP contribution in [0.3, 0.4) is 0 Å². The van der Waals surface area contributed by atoms with Gasteiger partial charge in [-0.1, -0.05) is 13.0 Å². The molecule has 0 heterocycles. The summed E-state index contributed by atoms with van der Waals surface area (Å²) in [6.45, 7) is 1.58. The third-order valence-electron chi connectivity index (χ3n) is 6.77. The summed E-state index contributed by atoms with van der Waals surface area (Å²) >= 11 is 0. The van der Waals surface area contributed by atoms with E-state index in [1.165, 1.54) is 12.1 Å². The second-order valence-electron chi connectivity index (χ2n) is 8.27. The number of fused-ring (bicyclic) bond motifs is 3. The standard InChI is InChI=1S/C21H20N2O9/c1-5-6-2-3-7(19(22)30)14(25)11(6)16(27)13-10(5)15(26)8-4-9(24)12(20(23)31)17(28)21(8,32)18(13)29/h2-3,5,8,10,15,25-28,32H,4H2,1H3,(H2,22,30)(H2,23,31)/t5-,8+,10+,15+,21+/m0/s1. The Labute approximate surface area is 180 Å². The summed E-state index contributed by atoms with van der Waals surface area (Å²) < 4.78 is 0. The lowest BCUT2D eigenvalue weighted by Gasteiger charge is -2.50. The number of aromatic hydroxyl groups is 1. The number of hydrogen-bond donors (Lipinski definition) is 7. The van der Waals surface area contributed by atoms with Gasteiger partial charge in [-0.25, -0.2) is 0 Å². The molecule has 1 aromatic rings. The molecule has 0 radical (unpaired) electrons. The zero-order valence-electron chi connectivity index (χ0n) is 16.7. The monoisotopic (exact) mass is 444 g/mol. The molecule has 3 aliphatic rings. The number of hydrogen-bond acceptors (Lipinski definition) is 9. The summed E-state index contributed by atoms with van der Waals surface area (Å²) in [6.07, 6.45) is -2.27. The van der Waals surface area contributed by atoms with Gasteiger partial charge in [-0.15, -0.1) is 0 Å². The van der Waals surface area contributed by atoms with Gasteiger partial charge in [-0.3, -0.25) is 19.2 Å². The van der Waals surface area contributed by atoms with Gasteiger partial charge in [0.25, 0.3) is 11.8 Å². The Kier molecular flexibility index (Phi) is 4.47. The molecule has 9 N–H and O–H groups in total. The zero-order chi connectivity index (χ0) is 23.9. The Hall–Kier alpha value is -3.70. The van der Waals surface area contributed by atoms with Crippen molar-refractivity contribution in [3.05, 3.63) is 45.7 Å². The fourth-order valence-corrected chi connectivity index (χ4v) is 5.20. The molecular weight excluding hydrogens is 424 g/mol. The molecule has 11 heteroatoms. The fourth-order valence-electron chi connectivity index (χ4n) is 5.20. The molecule has 4 rings (SSSR count). The summed E-state index contributed by atoms with van der Waals surface area (Å²) in [5.41, 5.74) is 5.62. The van der Waals surface area contributed by atoms with Gasteiger partial charge in [0.15, 0.2) is 11.4 Å². The number of carbonyl (C=O) groups excluding carboxylic acids is 4. The maximum Gasteiger partial charge on any atom is 0.255 e. The molecule has 0 aliphatic heterocycles. The quantitative estimate of drug-likeness (QED) is 0.279. The van der Waals surface area contributed by atoms with Crippen LogP contribution in [0.15, 0.2) is 29.0 Å². The normalized spacial score (nSPS) is 31.7. The Morgan fingerprint density at radius 3 is 2.28 bits per heavy atom. The molecule has 1 fully saturated rings. The number of rotatable bonds is 2. The molecule has 1 saturated carbocycles. The van der Waals surface area contributed by atoms with Gasteiger partial charge < -0.3 is 37.0 Å². The lowest BCUT2D eigenvalue weighted by Crippen LogP contribution is -2.63. The van der Waals surface area contributed by atoms with E-state index in [9.17, 15) is 44.7 Å². The van der Waals surface area contributed by atoms with E-state index in [2.05, 4.69) is 0 Å². The largest absolute Gasteiger partial charge is 0.508 e. The van der Waals surface area contributed by atoms with Crippen molar-refractivity contribution >= 4 is 29.1 Å². The number of primary amides is 2. The zero-order valence-corrected chi connectivity index (χ0v) is 16.7. The van der Waals surface area contributed by atoms with Crippen molar-refractivity contribution in [2.24, 2.45) is 23.3 Å². The second kappa shape index (κ2) is 6.65. The van der Waals surface area contributed by atoms with Crippen LogP contribution in [0.2, 0.25) is 0 Å². The van der Waals surface area contributed by atoms with Crippen LogP contribution < -0.4 is 11.5 Å². The summed E-state index contributed by atoms with van der Waals surface area (Å²) in [4.78, 5) is 49.0.